The predicted octanol–water partition coefficient (Wildman–Crippen LogP) is 5.97. The van der Waals surface area contributed by atoms with E-state index in [1.807, 2.05) is 61.5 Å². The smallest absolute Gasteiger partial charge is 0.170 e. The lowest BCUT2D eigenvalue weighted by Crippen LogP contribution is -2.17. The van der Waals surface area contributed by atoms with E-state index in [1.54, 1.807) is 30.6 Å². The number of carbonyl (C=O) groups excluding carboxylic acids is 1. The molecule has 6 heteroatoms. The van der Waals surface area contributed by atoms with Gasteiger partial charge < -0.3 is 14.2 Å². The summed E-state index contributed by atoms with van der Waals surface area (Å²) in [4.78, 5) is 16.5. The van der Waals surface area contributed by atoms with Crippen LogP contribution < -0.4 is 14.2 Å². The molecule has 0 aliphatic carbocycles. The van der Waals surface area contributed by atoms with E-state index < -0.39 is 6.10 Å². The van der Waals surface area contributed by atoms with Gasteiger partial charge in [0.1, 0.15) is 23.9 Å². The zero-order chi connectivity index (χ0) is 24.9. The van der Waals surface area contributed by atoms with Gasteiger partial charge in [0.25, 0.3) is 0 Å². The molecule has 6 nitrogen and oxygen atoms in total. The number of pyridine rings is 1. The summed E-state index contributed by atoms with van der Waals surface area (Å²) in [7, 11) is 0. The number of aromatic nitrogens is 1. The number of ether oxygens (including phenoxy) is 3. The summed E-state index contributed by atoms with van der Waals surface area (Å²) in [5.41, 5.74) is 4.49. The fourth-order valence-corrected chi connectivity index (χ4v) is 4.24. The van der Waals surface area contributed by atoms with Gasteiger partial charge in [0.15, 0.2) is 11.9 Å². The van der Waals surface area contributed by atoms with E-state index in [0.29, 0.717) is 48.0 Å². The molecular weight excluding hydrogens is 452 g/mol. The van der Waals surface area contributed by atoms with Gasteiger partial charge in [0.2, 0.25) is 0 Å². The van der Waals surface area contributed by atoms with Crippen molar-refractivity contribution in [2.75, 3.05) is 6.61 Å². The number of carbonyl (C=O) groups is 1. The monoisotopic (exact) mass is 476 g/mol. The molecular formula is C30H24N2O4. The minimum Gasteiger partial charge on any atom is -0.492 e. The molecule has 3 aromatic carbocycles. The molecule has 4 aromatic rings. The van der Waals surface area contributed by atoms with Crippen molar-refractivity contribution in [3.8, 4) is 23.3 Å². The molecule has 5 rings (SSSR count). The number of nitriles is 1. The Labute approximate surface area is 209 Å². The maximum absolute atomic E-state index is 12.3. The molecule has 0 radical (unpaired) electrons. The van der Waals surface area contributed by atoms with Crippen LogP contribution in [0.25, 0.3) is 0 Å². The van der Waals surface area contributed by atoms with Gasteiger partial charge >= 0.3 is 0 Å². The molecule has 36 heavy (non-hydrogen) atoms. The summed E-state index contributed by atoms with van der Waals surface area (Å²) in [6.45, 7) is 2.60. The lowest BCUT2D eigenvalue weighted by molar-refractivity contribution is 0.0932. The van der Waals surface area contributed by atoms with Crippen LogP contribution in [0.15, 0.2) is 85.2 Å². The summed E-state index contributed by atoms with van der Waals surface area (Å²) in [5.74, 6) is 1.79. The van der Waals surface area contributed by atoms with Gasteiger partial charge in [-0.3, -0.25) is 9.78 Å². The van der Waals surface area contributed by atoms with E-state index in [1.165, 1.54) is 0 Å². The average Bonchev–Trinajstić information content (AvgIpc) is 2.93. The number of ketones is 1. The average molecular weight is 477 g/mol. The van der Waals surface area contributed by atoms with Crippen LogP contribution in [0.5, 0.6) is 17.2 Å². The van der Waals surface area contributed by atoms with Crippen molar-refractivity contribution in [1.82, 2.24) is 4.98 Å². The quantitative estimate of drug-likeness (QED) is 0.327. The predicted molar refractivity (Wildman–Crippen MR) is 134 cm³/mol. The van der Waals surface area contributed by atoms with Crippen molar-refractivity contribution < 1.29 is 19.0 Å². The maximum atomic E-state index is 12.3. The molecule has 1 aliphatic rings. The highest BCUT2D eigenvalue weighted by Crippen LogP contribution is 2.40. The molecule has 0 bridgehead atoms. The third-order valence-electron chi connectivity index (χ3n) is 6.15. The Morgan fingerprint density at radius 2 is 1.83 bits per heavy atom. The van der Waals surface area contributed by atoms with Crippen molar-refractivity contribution in [3.63, 3.8) is 0 Å². The first-order valence-corrected chi connectivity index (χ1v) is 11.7. The van der Waals surface area contributed by atoms with Gasteiger partial charge in [0.05, 0.1) is 23.8 Å². The Hall–Kier alpha value is -4.63. The van der Waals surface area contributed by atoms with Crippen molar-refractivity contribution >= 4 is 5.78 Å². The Morgan fingerprint density at radius 3 is 2.61 bits per heavy atom. The highest BCUT2D eigenvalue weighted by atomic mass is 16.5. The lowest BCUT2D eigenvalue weighted by Gasteiger charge is -2.26. The van der Waals surface area contributed by atoms with Gasteiger partial charge in [-0.15, -0.1) is 0 Å². The number of Topliss-reactive ketones (excluding diaryl/α,β-unsaturated/α-hetero) is 1. The first kappa shape index (κ1) is 23.1. The largest absolute Gasteiger partial charge is 0.492 e. The van der Waals surface area contributed by atoms with Gasteiger partial charge in [-0.25, -0.2) is 0 Å². The van der Waals surface area contributed by atoms with Gasteiger partial charge in [-0.1, -0.05) is 30.3 Å². The number of nitrogens with zero attached hydrogens (tertiary/aromatic N) is 2. The Morgan fingerprint density at radius 1 is 1.03 bits per heavy atom. The normalized spacial score (nSPS) is 13.2. The molecule has 1 aromatic heterocycles. The number of hydrogen-bond acceptors (Lipinski definition) is 6. The maximum Gasteiger partial charge on any atom is 0.170 e. The Kier molecular flexibility index (Phi) is 6.63. The number of rotatable bonds is 7. The molecule has 0 saturated carbocycles. The standard InChI is InChI=1S/C30H24N2O4/c1-20-27(10-9-24-26(33)13-16-34-29(20)24)36-30(23-11-14-32-15-12-23)25-8-7-22(18-31)17-28(25)35-19-21-5-3-2-4-6-21/h2-12,14-15,17,30H,13,16,19H2,1H3. The summed E-state index contributed by atoms with van der Waals surface area (Å²) in [6, 6.07) is 24.7. The molecule has 0 N–H and O–H groups in total. The molecule has 1 aliphatic heterocycles. The Bertz CT molecular complexity index is 1430. The molecule has 0 spiro atoms. The first-order valence-electron chi connectivity index (χ1n) is 11.7. The van der Waals surface area contributed by atoms with Crippen LogP contribution in [0.4, 0.5) is 0 Å². The van der Waals surface area contributed by atoms with Crippen LogP contribution in [-0.4, -0.2) is 17.4 Å². The lowest BCUT2D eigenvalue weighted by atomic mass is 9.98. The third-order valence-corrected chi connectivity index (χ3v) is 6.15. The number of hydrogen-bond donors (Lipinski definition) is 0. The van der Waals surface area contributed by atoms with Crippen LogP contribution >= 0.6 is 0 Å². The van der Waals surface area contributed by atoms with Crippen molar-refractivity contribution in [2.45, 2.75) is 26.1 Å². The summed E-state index contributed by atoms with van der Waals surface area (Å²) in [5, 5.41) is 9.51. The molecule has 0 amide bonds. The molecule has 1 atom stereocenters. The molecule has 0 fully saturated rings. The zero-order valence-electron chi connectivity index (χ0n) is 19.8. The number of fused-ring (bicyclic) bond motifs is 1. The number of benzene rings is 3. The van der Waals surface area contributed by atoms with Gasteiger partial charge in [-0.2, -0.15) is 5.26 Å². The van der Waals surface area contributed by atoms with Crippen LogP contribution in [0.3, 0.4) is 0 Å². The van der Waals surface area contributed by atoms with E-state index in [4.69, 9.17) is 14.2 Å². The van der Waals surface area contributed by atoms with Gasteiger partial charge in [0, 0.05) is 35.5 Å². The van der Waals surface area contributed by atoms with Crippen LogP contribution in [-0.2, 0) is 6.61 Å². The fraction of sp³-hybridized carbons (Fsp3) is 0.167. The molecule has 0 saturated heterocycles. The summed E-state index contributed by atoms with van der Waals surface area (Å²) in [6.07, 6.45) is 3.24. The second-order valence-corrected chi connectivity index (χ2v) is 8.50. The fourth-order valence-electron chi connectivity index (χ4n) is 4.24. The van der Waals surface area contributed by atoms with Gasteiger partial charge in [-0.05, 0) is 55.0 Å². The van der Waals surface area contributed by atoms with E-state index in [2.05, 4.69) is 11.1 Å². The highest BCUT2D eigenvalue weighted by molar-refractivity contribution is 6.00. The van der Waals surface area contributed by atoms with E-state index in [-0.39, 0.29) is 5.78 Å². The van der Waals surface area contributed by atoms with Crippen molar-refractivity contribution in [1.29, 1.82) is 5.26 Å². The Balaban J connectivity index is 1.55. The van der Waals surface area contributed by atoms with Crippen molar-refractivity contribution in [2.24, 2.45) is 0 Å². The molecule has 1 unspecified atom stereocenters. The second kappa shape index (κ2) is 10.3. The topological polar surface area (TPSA) is 81.4 Å². The van der Waals surface area contributed by atoms with E-state index >= 15 is 0 Å². The summed E-state index contributed by atoms with van der Waals surface area (Å²) < 4.78 is 18.7. The van der Waals surface area contributed by atoms with Crippen LogP contribution in [0.2, 0.25) is 0 Å². The summed E-state index contributed by atoms with van der Waals surface area (Å²) >= 11 is 0. The zero-order valence-corrected chi connectivity index (χ0v) is 19.8. The van der Waals surface area contributed by atoms with Crippen molar-refractivity contribution in [3.05, 3.63) is 119 Å². The van der Waals surface area contributed by atoms with Crippen LogP contribution in [0, 0.1) is 18.3 Å². The second-order valence-electron chi connectivity index (χ2n) is 8.50. The minimum atomic E-state index is -0.553. The van der Waals surface area contributed by atoms with E-state index in [0.717, 1.165) is 22.3 Å². The molecule has 178 valence electrons. The minimum absolute atomic E-state index is 0.0697. The SMILES string of the molecule is Cc1c(OC(c2ccncc2)c2ccc(C#N)cc2OCc2ccccc2)ccc2c1OCCC2=O. The van der Waals surface area contributed by atoms with Crippen LogP contribution in [0.1, 0.15) is 50.7 Å². The first-order chi connectivity index (χ1) is 17.6. The third kappa shape index (κ3) is 4.77. The van der Waals surface area contributed by atoms with E-state index in [9.17, 15) is 10.1 Å². The molecule has 2 heterocycles. The highest BCUT2D eigenvalue weighted by Gasteiger charge is 2.26.